The van der Waals surface area contributed by atoms with Gasteiger partial charge < -0.3 is 4.90 Å². The molecule has 98 valence electrons. The van der Waals surface area contributed by atoms with Gasteiger partial charge in [-0.1, -0.05) is 47.5 Å². The van der Waals surface area contributed by atoms with Crippen molar-refractivity contribution >= 4 is 0 Å². The van der Waals surface area contributed by atoms with Gasteiger partial charge in [0.1, 0.15) is 0 Å². The van der Waals surface area contributed by atoms with Crippen molar-refractivity contribution in [1.82, 2.24) is 4.90 Å². The largest absolute Gasteiger partial charge is 0.303 e. The van der Waals surface area contributed by atoms with Crippen LogP contribution in [0.5, 0.6) is 0 Å². The Balaban J connectivity index is 3.46. The van der Waals surface area contributed by atoms with E-state index < -0.39 is 0 Å². The van der Waals surface area contributed by atoms with E-state index in [0.717, 1.165) is 0 Å². The Morgan fingerprint density at radius 1 is 0.750 bits per heavy atom. The maximum absolute atomic E-state index is 2.62. The molecule has 0 saturated heterocycles. The third kappa shape index (κ3) is 10.5. The molecule has 0 unspecified atom stereocenters. The van der Waals surface area contributed by atoms with Gasteiger partial charge in [-0.15, -0.1) is 0 Å². The van der Waals surface area contributed by atoms with Crippen LogP contribution in [0.1, 0.15) is 73.1 Å². The summed E-state index contributed by atoms with van der Waals surface area (Å²) >= 11 is 0. The zero-order chi connectivity index (χ0) is 12.4. The minimum absolute atomic E-state index is 0.520. The van der Waals surface area contributed by atoms with Crippen LogP contribution in [0.25, 0.3) is 0 Å². The molecule has 0 heterocycles. The lowest BCUT2D eigenvalue weighted by Gasteiger charge is -2.21. The highest BCUT2D eigenvalue weighted by atomic mass is 15.1. The van der Waals surface area contributed by atoms with Gasteiger partial charge in [0.25, 0.3) is 0 Å². The number of hydrogen-bond acceptors (Lipinski definition) is 1. The van der Waals surface area contributed by atoms with Gasteiger partial charge in [-0.3, -0.25) is 0 Å². The van der Waals surface area contributed by atoms with Gasteiger partial charge in [0.15, 0.2) is 0 Å². The van der Waals surface area contributed by atoms with Gasteiger partial charge in [0, 0.05) is 0 Å². The van der Waals surface area contributed by atoms with Crippen LogP contribution in [0.2, 0.25) is 0 Å². The minimum atomic E-state index is 0.520. The second-order valence-corrected chi connectivity index (χ2v) is 6.21. The average Bonchev–Trinajstić information content (AvgIpc) is 2.16. The molecular formula is C15H33N. The predicted molar refractivity (Wildman–Crippen MR) is 74.9 cm³/mol. The molecule has 0 spiro atoms. The van der Waals surface area contributed by atoms with Crippen LogP contribution in [-0.2, 0) is 0 Å². The van der Waals surface area contributed by atoms with Gasteiger partial charge in [0.05, 0.1) is 0 Å². The summed E-state index contributed by atoms with van der Waals surface area (Å²) in [4.78, 5) is 2.62. The predicted octanol–water partition coefficient (Wildman–Crippen LogP) is 4.71. The van der Waals surface area contributed by atoms with E-state index in [4.69, 9.17) is 0 Å². The van der Waals surface area contributed by atoms with Gasteiger partial charge in [-0.25, -0.2) is 0 Å². The summed E-state index contributed by atoms with van der Waals surface area (Å²) in [6.45, 7) is 15.5. The first-order chi connectivity index (χ1) is 7.49. The van der Waals surface area contributed by atoms with E-state index in [9.17, 15) is 0 Å². The summed E-state index contributed by atoms with van der Waals surface area (Å²) in [5, 5.41) is 0. The third-order valence-corrected chi connectivity index (χ3v) is 2.98. The summed E-state index contributed by atoms with van der Waals surface area (Å²) in [7, 11) is 0. The summed E-state index contributed by atoms with van der Waals surface area (Å²) < 4.78 is 0. The standard InChI is InChI=1S/C15H33N/c1-6-12-16(13-7-2)14-10-8-9-11-15(3,4)5/h6-14H2,1-5H3. The molecule has 0 aliphatic carbocycles. The highest BCUT2D eigenvalue weighted by molar-refractivity contribution is 4.62. The molecule has 0 saturated carbocycles. The van der Waals surface area contributed by atoms with E-state index in [-0.39, 0.29) is 0 Å². The normalized spacial score (nSPS) is 12.4. The van der Waals surface area contributed by atoms with Crippen molar-refractivity contribution in [3.63, 3.8) is 0 Å². The maximum atomic E-state index is 2.62. The Kier molecular flexibility index (Phi) is 9.02. The van der Waals surface area contributed by atoms with Gasteiger partial charge in [0.2, 0.25) is 0 Å². The number of hydrogen-bond donors (Lipinski definition) is 0. The fourth-order valence-electron chi connectivity index (χ4n) is 2.14. The van der Waals surface area contributed by atoms with Gasteiger partial charge in [-0.2, -0.15) is 0 Å². The fraction of sp³-hybridized carbons (Fsp3) is 1.00. The lowest BCUT2D eigenvalue weighted by Crippen LogP contribution is -2.26. The number of rotatable bonds is 9. The van der Waals surface area contributed by atoms with Crippen molar-refractivity contribution in [2.75, 3.05) is 19.6 Å². The summed E-state index contributed by atoms with van der Waals surface area (Å²) in [5.74, 6) is 0. The van der Waals surface area contributed by atoms with E-state index >= 15 is 0 Å². The molecule has 0 radical (unpaired) electrons. The molecule has 0 amide bonds. The monoisotopic (exact) mass is 227 g/mol. The quantitative estimate of drug-likeness (QED) is 0.515. The molecular weight excluding hydrogens is 194 g/mol. The molecule has 0 aromatic heterocycles. The van der Waals surface area contributed by atoms with Gasteiger partial charge >= 0.3 is 0 Å². The summed E-state index contributed by atoms with van der Waals surface area (Å²) in [6, 6.07) is 0. The maximum Gasteiger partial charge on any atom is -0.00187 e. The zero-order valence-corrected chi connectivity index (χ0v) is 12.3. The van der Waals surface area contributed by atoms with Crippen LogP contribution in [0.4, 0.5) is 0 Å². The lowest BCUT2D eigenvalue weighted by atomic mass is 9.89. The van der Waals surface area contributed by atoms with Crippen molar-refractivity contribution in [3.05, 3.63) is 0 Å². The van der Waals surface area contributed by atoms with E-state index in [1.165, 1.54) is 58.2 Å². The number of unbranched alkanes of at least 4 members (excludes halogenated alkanes) is 2. The molecule has 0 rings (SSSR count). The Hall–Kier alpha value is -0.0400. The van der Waals surface area contributed by atoms with Crippen molar-refractivity contribution in [2.45, 2.75) is 73.1 Å². The van der Waals surface area contributed by atoms with Crippen LogP contribution >= 0.6 is 0 Å². The van der Waals surface area contributed by atoms with Crippen LogP contribution < -0.4 is 0 Å². The van der Waals surface area contributed by atoms with Gasteiger partial charge in [-0.05, 0) is 50.7 Å². The molecule has 0 aromatic carbocycles. The first-order valence-electron chi connectivity index (χ1n) is 7.22. The summed E-state index contributed by atoms with van der Waals surface area (Å²) in [6.07, 6.45) is 8.14. The summed E-state index contributed by atoms with van der Waals surface area (Å²) in [5.41, 5.74) is 0.520. The Morgan fingerprint density at radius 3 is 1.75 bits per heavy atom. The van der Waals surface area contributed by atoms with E-state index in [2.05, 4.69) is 39.5 Å². The third-order valence-electron chi connectivity index (χ3n) is 2.98. The fourth-order valence-corrected chi connectivity index (χ4v) is 2.14. The van der Waals surface area contributed by atoms with E-state index in [1.54, 1.807) is 0 Å². The first-order valence-corrected chi connectivity index (χ1v) is 7.22. The Morgan fingerprint density at radius 2 is 1.31 bits per heavy atom. The average molecular weight is 227 g/mol. The second-order valence-electron chi connectivity index (χ2n) is 6.21. The van der Waals surface area contributed by atoms with Crippen LogP contribution in [0.15, 0.2) is 0 Å². The molecule has 0 aliphatic heterocycles. The molecule has 0 aliphatic rings. The Labute approximate surface area is 104 Å². The molecule has 0 atom stereocenters. The highest BCUT2D eigenvalue weighted by Crippen LogP contribution is 2.21. The van der Waals surface area contributed by atoms with Crippen LogP contribution in [0, 0.1) is 5.41 Å². The molecule has 16 heavy (non-hydrogen) atoms. The van der Waals surface area contributed by atoms with Crippen molar-refractivity contribution in [2.24, 2.45) is 5.41 Å². The van der Waals surface area contributed by atoms with Crippen LogP contribution in [0.3, 0.4) is 0 Å². The molecule has 0 aromatic rings. The van der Waals surface area contributed by atoms with Crippen LogP contribution in [-0.4, -0.2) is 24.5 Å². The second kappa shape index (κ2) is 9.04. The zero-order valence-electron chi connectivity index (χ0n) is 12.3. The SMILES string of the molecule is CCCN(CCC)CCCCCC(C)(C)C. The Bertz CT molecular complexity index is 140. The van der Waals surface area contributed by atoms with Crippen molar-refractivity contribution in [3.8, 4) is 0 Å². The number of nitrogens with zero attached hydrogens (tertiary/aromatic N) is 1. The molecule has 0 bridgehead atoms. The first kappa shape index (κ1) is 16.0. The minimum Gasteiger partial charge on any atom is -0.303 e. The topological polar surface area (TPSA) is 3.24 Å². The van der Waals surface area contributed by atoms with E-state index in [1.807, 2.05) is 0 Å². The molecule has 0 fully saturated rings. The van der Waals surface area contributed by atoms with Crippen molar-refractivity contribution in [1.29, 1.82) is 0 Å². The molecule has 1 nitrogen and oxygen atoms in total. The highest BCUT2D eigenvalue weighted by Gasteiger charge is 2.09. The lowest BCUT2D eigenvalue weighted by molar-refractivity contribution is 0.264. The molecule has 0 N–H and O–H groups in total. The van der Waals surface area contributed by atoms with Crippen molar-refractivity contribution < 1.29 is 0 Å². The van der Waals surface area contributed by atoms with E-state index in [0.29, 0.717) is 5.41 Å². The molecule has 1 heteroatoms. The smallest absolute Gasteiger partial charge is 0.00187 e.